The molecule has 1 aliphatic heterocycles. The van der Waals surface area contributed by atoms with Gasteiger partial charge in [0, 0.05) is 12.3 Å². The molecule has 2 rings (SSSR count). The summed E-state index contributed by atoms with van der Waals surface area (Å²) in [7, 11) is 0. The second kappa shape index (κ2) is 6.40. The van der Waals surface area contributed by atoms with E-state index in [4.69, 9.17) is 9.47 Å². The lowest BCUT2D eigenvalue weighted by atomic mass is 10.1. The van der Waals surface area contributed by atoms with Crippen molar-refractivity contribution < 1.29 is 14.3 Å². The van der Waals surface area contributed by atoms with Gasteiger partial charge in [0.15, 0.2) is 0 Å². The lowest BCUT2D eigenvalue weighted by molar-refractivity contribution is -0.129. The highest BCUT2D eigenvalue weighted by Crippen LogP contribution is 2.18. The van der Waals surface area contributed by atoms with Crippen molar-refractivity contribution in [3.05, 3.63) is 24.3 Å². The first kappa shape index (κ1) is 12.9. The molecule has 1 atom stereocenters. The van der Waals surface area contributed by atoms with Crippen LogP contribution in [0.4, 0.5) is 5.69 Å². The van der Waals surface area contributed by atoms with Gasteiger partial charge in [0.25, 0.3) is 5.91 Å². The zero-order chi connectivity index (χ0) is 12.8. The van der Waals surface area contributed by atoms with Gasteiger partial charge in [-0.1, -0.05) is 0 Å². The third-order valence-electron chi connectivity index (χ3n) is 2.90. The predicted octanol–water partition coefficient (Wildman–Crippen LogP) is 2.59. The summed E-state index contributed by atoms with van der Waals surface area (Å²) in [6, 6.07) is 7.37. The summed E-state index contributed by atoms with van der Waals surface area (Å²) in [5, 5.41) is 2.86. The Balaban J connectivity index is 1.89. The molecule has 1 aromatic rings. The Bertz CT molecular complexity index is 383. The Kier molecular flexibility index (Phi) is 4.59. The van der Waals surface area contributed by atoms with Crippen LogP contribution in [0.5, 0.6) is 5.75 Å². The maximum atomic E-state index is 11.9. The zero-order valence-electron chi connectivity index (χ0n) is 10.6. The largest absolute Gasteiger partial charge is 0.494 e. The molecule has 4 heteroatoms. The normalized spacial score (nSPS) is 19.3. The van der Waals surface area contributed by atoms with Crippen molar-refractivity contribution in [2.24, 2.45) is 0 Å². The van der Waals surface area contributed by atoms with Crippen LogP contribution < -0.4 is 10.1 Å². The van der Waals surface area contributed by atoms with E-state index in [-0.39, 0.29) is 12.0 Å². The van der Waals surface area contributed by atoms with Gasteiger partial charge < -0.3 is 14.8 Å². The Morgan fingerprint density at radius 3 is 2.78 bits per heavy atom. The van der Waals surface area contributed by atoms with Crippen LogP contribution in [-0.4, -0.2) is 25.2 Å². The molecule has 1 fully saturated rings. The molecular weight excluding hydrogens is 230 g/mol. The van der Waals surface area contributed by atoms with Gasteiger partial charge in [-0.2, -0.15) is 0 Å². The third kappa shape index (κ3) is 3.47. The average molecular weight is 249 g/mol. The first-order valence-corrected chi connectivity index (χ1v) is 6.45. The topological polar surface area (TPSA) is 47.6 Å². The highest BCUT2D eigenvalue weighted by atomic mass is 16.5. The van der Waals surface area contributed by atoms with Crippen molar-refractivity contribution in [2.75, 3.05) is 18.5 Å². The standard InChI is InChI=1S/C14H19NO3/c1-2-17-12-8-6-11(7-9-12)15-14(16)13-5-3-4-10-18-13/h6-9,13H,2-5,10H2,1H3,(H,15,16). The first-order valence-electron chi connectivity index (χ1n) is 6.45. The van der Waals surface area contributed by atoms with E-state index in [9.17, 15) is 4.79 Å². The van der Waals surface area contributed by atoms with Crippen molar-refractivity contribution in [2.45, 2.75) is 32.3 Å². The summed E-state index contributed by atoms with van der Waals surface area (Å²) < 4.78 is 10.8. The van der Waals surface area contributed by atoms with E-state index < -0.39 is 0 Å². The number of hydrogen-bond acceptors (Lipinski definition) is 3. The minimum absolute atomic E-state index is 0.0566. The molecule has 1 amide bonds. The predicted molar refractivity (Wildman–Crippen MR) is 69.8 cm³/mol. The first-order chi connectivity index (χ1) is 8.79. The van der Waals surface area contributed by atoms with Crippen LogP contribution in [0.1, 0.15) is 26.2 Å². The molecule has 98 valence electrons. The Morgan fingerprint density at radius 2 is 2.17 bits per heavy atom. The van der Waals surface area contributed by atoms with E-state index in [0.717, 1.165) is 30.7 Å². The number of carbonyl (C=O) groups is 1. The monoisotopic (exact) mass is 249 g/mol. The average Bonchev–Trinajstić information content (AvgIpc) is 2.42. The van der Waals surface area contributed by atoms with Crippen LogP contribution in [0.2, 0.25) is 0 Å². The van der Waals surface area contributed by atoms with Crippen molar-refractivity contribution in [3.8, 4) is 5.75 Å². The minimum Gasteiger partial charge on any atom is -0.494 e. The molecule has 1 aliphatic rings. The van der Waals surface area contributed by atoms with E-state index in [2.05, 4.69) is 5.32 Å². The van der Waals surface area contributed by atoms with Crippen LogP contribution in [0.25, 0.3) is 0 Å². The molecule has 1 unspecified atom stereocenters. The number of ether oxygens (including phenoxy) is 2. The quantitative estimate of drug-likeness (QED) is 0.892. The molecule has 4 nitrogen and oxygen atoms in total. The van der Waals surface area contributed by atoms with Crippen LogP contribution in [0, 0.1) is 0 Å². The number of hydrogen-bond donors (Lipinski definition) is 1. The van der Waals surface area contributed by atoms with Gasteiger partial charge >= 0.3 is 0 Å². The second-order valence-electron chi connectivity index (χ2n) is 4.30. The molecule has 18 heavy (non-hydrogen) atoms. The molecular formula is C14H19NO3. The number of amides is 1. The molecule has 0 aliphatic carbocycles. The van der Waals surface area contributed by atoms with Crippen LogP contribution in [-0.2, 0) is 9.53 Å². The van der Waals surface area contributed by atoms with Gasteiger partial charge in [0.1, 0.15) is 11.9 Å². The summed E-state index contributed by atoms with van der Waals surface area (Å²) in [4.78, 5) is 11.9. The highest BCUT2D eigenvalue weighted by molar-refractivity contribution is 5.94. The van der Waals surface area contributed by atoms with Crippen molar-refractivity contribution in [3.63, 3.8) is 0 Å². The minimum atomic E-state index is -0.301. The Labute approximate surface area is 107 Å². The van der Waals surface area contributed by atoms with E-state index in [1.807, 2.05) is 31.2 Å². The van der Waals surface area contributed by atoms with Gasteiger partial charge in [-0.15, -0.1) is 0 Å². The SMILES string of the molecule is CCOc1ccc(NC(=O)C2CCCCO2)cc1. The summed E-state index contributed by atoms with van der Waals surface area (Å²) in [5.74, 6) is 0.753. The number of carbonyl (C=O) groups excluding carboxylic acids is 1. The fraction of sp³-hybridized carbons (Fsp3) is 0.500. The van der Waals surface area contributed by atoms with Crippen LogP contribution in [0.3, 0.4) is 0 Å². The van der Waals surface area contributed by atoms with Crippen molar-refractivity contribution in [1.29, 1.82) is 0 Å². The lowest BCUT2D eigenvalue weighted by Gasteiger charge is -2.21. The molecule has 0 radical (unpaired) electrons. The molecule has 1 heterocycles. The van der Waals surface area contributed by atoms with Gasteiger partial charge in [-0.05, 0) is 50.5 Å². The van der Waals surface area contributed by atoms with E-state index >= 15 is 0 Å². The third-order valence-corrected chi connectivity index (χ3v) is 2.90. The molecule has 1 saturated heterocycles. The van der Waals surface area contributed by atoms with E-state index in [0.29, 0.717) is 13.2 Å². The van der Waals surface area contributed by atoms with Gasteiger partial charge in [-0.3, -0.25) is 4.79 Å². The Morgan fingerprint density at radius 1 is 1.39 bits per heavy atom. The maximum absolute atomic E-state index is 11.9. The van der Waals surface area contributed by atoms with Crippen LogP contribution in [0.15, 0.2) is 24.3 Å². The highest BCUT2D eigenvalue weighted by Gasteiger charge is 2.21. The summed E-state index contributed by atoms with van der Waals surface area (Å²) >= 11 is 0. The molecule has 0 bridgehead atoms. The lowest BCUT2D eigenvalue weighted by Crippen LogP contribution is -2.33. The number of nitrogens with one attached hydrogen (secondary N) is 1. The maximum Gasteiger partial charge on any atom is 0.253 e. The molecule has 0 aromatic heterocycles. The molecule has 0 spiro atoms. The number of anilines is 1. The van der Waals surface area contributed by atoms with Crippen molar-refractivity contribution >= 4 is 11.6 Å². The van der Waals surface area contributed by atoms with Crippen molar-refractivity contribution in [1.82, 2.24) is 0 Å². The zero-order valence-corrected chi connectivity index (χ0v) is 10.6. The van der Waals surface area contributed by atoms with E-state index in [1.54, 1.807) is 0 Å². The summed E-state index contributed by atoms with van der Waals surface area (Å²) in [5.41, 5.74) is 0.776. The fourth-order valence-electron chi connectivity index (χ4n) is 1.97. The smallest absolute Gasteiger partial charge is 0.253 e. The molecule has 0 saturated carbocycles. The van der Waals surface area contributed by atoms with E-state index in [1.165, 1.54) is 0 Å². The number of benzene rings is 1. The summed E-state index contributed by atoms with van der Waals surface area (Å²) in [6.07, 6.45) is 2.61. The second-order valence-corrected chi connectivity index (χ2v) is 4.30. The van der Waals surface area contributed by atoms with Gasteiger partial charge in [0.2, 0.25) is 0 Å². The molecule has 1 N–H and O–H groups in total. The fourth-order valence-corrected chi connectivity index (χ4v) is 1.97. The number of rotatable bonds is 4. The molecule has 1 aromatic carbocycles. The van der Waals surface area contributed by atoms with Gasteiger partial charge in [0.05, 0.1) is 6.61 Å². The Hall–Kier alpha value is -1.55. The van der Waals surface area contributed by atoms with Gasteiger partial charge in [-0.25, -0.2) is 0 Å². The summed E-state index contributed by atoms with van der Waals surface area (Å²) in [6.45, 7) is 3.26. The van der Waals surface area contributed by atoms with Crippen LogP contribution >= 0.6 is 0 Å².